The second-order valence-electron chi connectivity index (χ2n) is 15.0. The molecule has 0 spiro atoms. The van der Waals surface area contributed by atoms with E-state index in [1.165, 1.54) is 64.2 Å². The molecule has 2 aromatic rings. The molecule has 1 heteroatoms. The molecule has 0 saturated heterocycles. The summed E-state index contributed by atoms with van der Waals surface area (Å²) >= 11 is 0. The van der Waals surface area contributed by atoms with Crippen molar-refractivity contribution in [2.24, 2.45) is 65.1 Å². The molecule has 0 bridgehead atoms. The normalized spacial score (nSPS) is 49.3. The molecule has 200 valence electrons. The van der Waals surface area contributed by atoms with Crippen LogP contribution < -0.4 is 0 Å². The van der Waals surface area contributed by atoms with Crippen LogP contribution >= 0.6 is 0 Å². The zero-order valence-corrected chi connectivity index (χ0v) is 23.6. The van der Waals surface area contributed by atoms with E-state index in [1.54, 1.807) is 11.1 Å². The Labute approximate surface area is 237 Å². The van der Waals surface area contributed by atoms with Gasteiger partial charge in [-0.25, -0.2) is 0 Å². The maximum atomic E-state index is 6.96. The highest BCUT2D eigenvalue weighted by molar-refractivity contribution is 6.11. The van der Waals surface area contributed by atoms with Gasteiger partial charge in [-0.1, -0.05) is 104 Å². The van der Waals surface area contributed by atoms with Crippen LogP contribution in [0.3, 0.4) is 0 Å². The number of hydrogen-bond donors (Lipinski definition) is 0. The number of hydrogen-bond acceptors (Lipinski definition) is 0. The van der Waals surface area contributed by atoms with E-state index in [1.807, 2.05) is 5.57 Å². The van der Waals surface area contributed by atoms with E-state index in [2.05, 4.69) is 66.7 Å². The first-order valence-electron chi connectivity index (χ1n) is 16.9. The molecule has 14 unspecified atom stereocenters. The molecule has 2 aromatic carbocycles. The Morgan fingerprint density at radius 2 is 1.05 bits per heavy atom. The van der Waals surface area contributed by atoms with Crippen molar-refractivity contribution in [1.29, 1.82) is 0 Å². The molecular weight excluding hydrogens is 467 g/mol. The highest BCUT2D eigenvalue weighted by Crippen LogP contribution is 2.76. The second kappa shape index (κ2) is 9.12. The highest BCUT2D eigenvalue weighted by atomic mass is 14.7. The summed E-state index contributed by atoms with van der Waals surface area (Å²) in [6.45, 7) is 0. The third-order valence-corrected chi connectivity index (χ3v) is 14.1. The van der Waals surface area contributed by atoms with Crippen LogP contribution in [0.25, 0.3) is 0 Å². The molecule has 0 aromatic heterocycles. The van der Waals surface area contributed by atoms with Gasteiger partial charge in [0.25, 0.3) is 0 Å². The summed E-state index contributed by atoms with van der Waals surface area (Å²) in [5.41, 5.74) is 5.29. The van der Waals surface area contributed by atoms with Crippen LogP contribution in [0.1, 0.15) is 87.2 Å². The molecule has 0 N–H and O–H groups in total. The van der Waals surface area contributed by atoms with Gasteiger partial charge in [0.1, 0.15) is 0 Å². The smallest absolute Gasteiger partial charge is 0.0703 e. The van der Waals surface area contributed by atoms with Crippen molar-refractivity contribution in [3.63, 3.8) is 0 Å². The minimum absolute atomic E-state index is 0.452. The Hall–Kier alpha value is -1.76. The summed E-state index contributed by atoms with van der Waals surface area (Å²) in [5, 5.41) is 0. The van der Waals surface area contributed by atoms with Crippen LogP contribution in [0.15, 0.2) is 72.3 Å². The lowest BCUT2D eigenvalue weighted by Crippen LogP contribution is -2.46. The summed E-state index contributed by atoms with van der Waals surface area (Å²) in [5.74, 6) is 11.5. The van der Waals surface area contributed by atoms with Crippen LogP contribution in [0, 0.1) is 65.1 Å². The summed E-state index contributed by atoms with van der Waals surface area (Å²) in [7, 11) is 6.96. The molecule has 0 heterocycles. The van der Waals surface area contributed by atoms with E-state index in [4.69, 9.17) is 7.85 Å². The van der Waals surface area contributed by atoms with Crippen LogP contribution in [-0.2, 0) is 0 Å². The molecule has 0 amide bonds. The summed E-state index contributed by atoms with van der Waals surface area (Å²) < 4.78 is 0. The molecule has 0 aliphatic heterocycles. The molecule has 7 aliphatic rings. The van der Waals surface area contributed by atoms with Crippen molar-refractivity contribution in [3.05, 3.63) is 83.4 Å². The minimum Gasteiger partial charge on any atom is -0.0850 e. The van der Waals surface area contributed by atoms with Gasteiger partial charge >= 0.3 is 0 Å². The van der Waals surface area contributed by atoms with E-state index in [0.29, 0.717) is 5.82 Å². The van der Waals surface area contributed by atoms with E-state index in [-0.39, 0.29) is 0 Å². The number of benzene rings is 2. The first kappa shape index (κ1) is 23.9. The van der Waals surface area contributed by atoms with E-state index in [9.17, 15) is 0 Å². The first-order valence-corrected chi connectivity index (χ1v) is 16.9. The standard InChI is InChI=1S/C38H45B/c39-30-21-20-29-34-25(30)16-9-19-28(34)37-32(23-10-3-1-4-11-23)35-26-17-7-14-22-15-8-18-27(31(22)26)36(35)33(38(29)37)24-12-5-2-6-13-24/h1-6,10-13,15,25-38H,7-9,14,16-21H2. The lowest BCUT2D eigenvalue weighted by molar-refractivity contribution is 0.0192. The molecule has 2 radical (unpaired) electrons. The number of fused-ring (bicyclic) bond motifs is 6. The van der Waals surface area contributed by atoms with Gasteiger partial charge in [-0.05, 0) is 127 Å². The van der Waals surface area contributed by atoms with Crippen molar-refractivity contribution in [1.82, 2.24) is 0 Å². The van der Waals surface area contributed by atoms with Gasteiger partial charge < -0.3 is 0 Å². The SMILES string of the molecule is [B]C1CCC2C3C1CCCC3C1C(c3ccccc3)C3C4CCCC5=CCCC(C54)C3C(c3ccccc3)C21. The maximum absolute atomic E-state index is 6.96. The van der Waals surface area contributed by atoms with Crippen molar-refractivity contribution >= 4 is 7.85 Å². The molecule has 39 heavy (non-hydrogen) atoms. The molecule has 14 atom stereocenters. The van der Waals surface area contributed by atoms with Gasteiger partial charge in [-0.2, -0.15) is 0 Å². The van der Waals surface area contributed by atoms with Gasteiger partial charge in [-0.3, -0.25) is 0 Å². The Morgan fingerprint density at radius 3 is 1.74 bits per heavy atom. The average Bonchev–Trinajstić information content (AvgIpc) is 3.50. The quantitative estimate of drug-likeness (QED) is 0.278. The van der Waals surface area contributed by atoms with Crippen molar-refractivity contribution in [3.8, 4) is 0 Å². The summed E-state index contributed by atoms with van der Waals surface area (Å²) in [6, 6.07) is 24.2. The molecule has 0 nitrogen and oxygen atoms in total. The Balaban J connectivity index is 1.28. The topological polar surface area (TPSA) is 0 Å². The van der Waals surface area contributed by atoms with Gasteiger partial charge in [0.2, 0.25) is 0 Å². The fourth-order valence-electron chi connectivity index (χ4n) is 13.5. The Morgan fingerprint density at radius 1 is 0.487 bits per heavy atom. The molecular formula is C38H45B. The lowest BCUT2D eigenvalue weighted by atomic mass is 9.50. The predicted molar refractivity (Wildman–Crippen MR) is 161 cm³/mol. The van der Waals surface area contributed by atoms with E-state index in [0.717, 1.165) is 76.9 Å². The zero-order chi connectivity index (χ0) is 25.7. The van der Waals surface area contributed by atoms with Crippen LogP contribution in [0.2, 0.25) is 5.82 Å². The summed E-state index contributed by atoms with van der Waals surface area (Å²) in [4.78, 5) is 0. The number of allylic oxidation sites excluding steroid dienone is 2. The Bertz CT molecular complexity index is 1180. The fourth-order valence-corrected chi connectivity index (χ4v) is 13.5. The van der Waals surface area contributed by atoms with Crippen LogP contribution in [0.5, 0.6) is 0 Å². The van der Waals surface area contributed by atoms with Crippen LogP contribution in [-0.4, -0.2) is 7.85 Å². The van der Waals surface area contributed by atoms with Gasteiger partial charge in [-0.15, -0.1) is 0 Å². The van der Waals surface area contributed by atoms with E-state index >= 15 is 0 Å². The Kier molecular flexibility index (Phi) is 5.59. The lowest BCUT2D eigenvalue weighted by Gasteiger charge is -2.53. The fraction of sp³-hybridized carbons (Fsp3) is 0.632. The molecule has 6 fully saturated rings. The highest BCUT2D eigenvalue weighted by Gasteiger charge is 2.69. The molecule has 7 aliphatic carbocycles. The third-order valence-electron chi connectivity index (χ3n) is 14.1. The van der Waals surface area contributed by atoms with Gasteiger partial charge in [0, 0.05) is 0 Å². The zero-order valence-electron chi connectivity index (χ0n) is 23.6. The molecule has 9 rings (SSSR count). The predicted octanol–water partition coefficient (Wildman–Crippen LogP) is 9.21. The van der Waals surface area contributed by atoms with E-state index < -0.39 is 0 Å². The second-order valence-corrected chi connectivity index (χ2v) is 15.0. The number of rotatable bonds is 2. The monoisotopic (exact) mass is 512 g/mol. The minimum atomic E-state index is 0.452. The first-order chi connectivity index (χ1) is 19.3. The van der Waals surface area contributed by atoms with Gasteiger partial charge in [0.15, 0.2) is 0 Å². The van der Waals surface area contributed by atoms with Crippen molar-refractivity contribution < 1.29 is 0 Å². The van der Waals surface area contributed by atoms with Crippen molar-refractivity contribution in [2.75, 3.05) is 0 Å². The van der Waals surface area contributed by atoms with Gasteiger partial charge in [0.05, 0.1) is 7.85 Å². The van der Waals surface area contributed by atoms with Crippen LogP contribution in [0.4, 0.5) is 0 Å². The average molecular weight is 513 g/mol. The van der Waals surface area contributed by atoms with Crippen molar-refractivity contribution in [2.45, 2.75) is 81.9 Å². The third kappa shape index (κ3) is 3.31. The largest absolute Gasteiger partial charge is 0.0850 e. The molecule has 6 saturated carbocycles. The summed E-state index contributed by atoms with van der Waals surface area (Å²) in [6.07, 6.45) is 16.8. The maximum Gasteiger partial charge on any atom is 0.0703 e.